The molecule has 1 aliphatic heterocycles. The molecule has 1 aliphatic rings. The molecular weight excluding hydrogens is 211 g/mol. The molecule has 84 valence electrons. The number of carboxylic acids is 1. The van der Waals surface area contributed by atoms with E-state index in [1.807, 2.05) is 0 Å². The molecule has 0 fully saturated rings. The highest BCUT2D eigenvalue weighted by atomic mass is 16.5. The van der Waals surface area contributed by atoms with E-state index in [-0.39, 0.29) is 0 Å². The molecule has 1 heterocycles. The van der Waals surface area contributed by atoms with Gasteiger partial charge in [-0.05, 0) is 30.1 Å². The minimum absolute atomic E-state index is 0.366. The van der Waals surface area contributed by atoms with Gasteiger partial charge in [0.05, 0.1) is 6.61 Å². The molecule has 2 N–H and O–H groups in total. The lowest BCUT2D eigenvalue weighted by Crippen LogP contribution is -2.29. The summed E-state index contributed by atoms with van der Waals surface area (Å²) in [4.78, 5) is 10.6. The van der Waals surface area contributed by atoms with Crippen LogP contribution in [0.5, 0.6) is 5.75 Å². The molecule has 0 saturated carbocycles. The quantitative estimate of drug-likeness (QED) is 0.690. The van der Waals surface area contributed by atoms with E-state index in [1.165, 1.54) is 6.92 Å². The van der Waals surface area contributed by atoms with E-state index in [0.29, 0.717) is 17.8 Å². The maximum absolute atomic E-state index is 10.6. The maximum atomic E-state index is 10.6. The maximum Gasteiger partial charge on any atom is 0.491 e. The molecule has 1 atom stereocenters. The zero-order chi connectivity index (χ0) is 11.7. The average Bonchev–Trinajstić information content (AvgIpc) is 2.60. The normalized spacial score (nSPS) is 15.8. The first kappa shape index (κ1) is 11.0. The van der Waals surface area contributed by atoms with Gasteiger partial charge in [0.1, 0.15) is 5.75 Å². The standard InChI is InChI=1S/C10H11BO5/c1-6(10(12)13)16-8-3-2-7-5-15-11(14)9(7)4-8/h2-4,6,14H,5H2,1H3,(H,12,13). The Labute approximate surface area is 92.8 Å². The first-order valence-electron chi connectivity index (χ1n) is 4.90. The van der Waals surface area contributed by atoms with Gasteiger partial charge in [0.25, 0.3) is 0 Å². The average molecular weight is 222 g/mol. The first-order valence-corrected chi connectivity index (χ1v) is 4.90. The second-order valence-electron chi connectivity index (χ2n) is 3.62. The fourth-order valence-corrected chi connectivity index (χ4v) is 1.52. The molecule has 0 radical (unpaired) electrons. The van der Waals surface area contributed by atoms with Crippen LogP contribution in [0.15, 0.2) is 18.2 Å². The number of ether oxygens (including phenoxy) is 1. The summed E-state index contributed by atoms with van der Waals surface area (Å²) in [7, 11) is -0.946. The van der Waals surface area contributed by atoms with Crippen LogP contribution in [-0.4, -0.2) is 29.3 Å². The van der Waals surface area contributed by atoms with Crippen molar-refractivity contribution in [1.29, 1.82) is 0 Å². The minimum Gasteiger partial charge on any atom is -0.479 e. The highest BCUT2D eigenvalue weighted by molar-refractivity contribution is 6.61. The Balaban J connectivity index is 2.18. The lowest BCUT2D eigenvalue weighted by Gasteiger charge is -2.11. The van der Waals surface area contributed by atoms with Crippen molar-refractivity contribution in [3.8, 4) is 5.75 Å². The molecule has 0 aliphatic carbocycles. The first-order chi connectivity index (χ1) is 7.58. The van der Waals surface area contributed by atoms with Crippen molar-refractivity contribution < 1.29 is 24.3 Å². The van der Waals surface area contributed by atoms with Crippen LogP contribution in [-0.2, 0) is 16.1 Å². The molecule has 0 saturated heterocycles. The molecule has 0 spiro atoms. The van der Waals surface area contributed by atoms with Gasteiger partial charge >= 0.3 is 13.1 Å². The number of carbonyl (C=O) groups is 1. The number of fused-ring (bicyclic) bond motifs is 1. The van der Waals surface area contributed by atoms with Crippen molar-refractivity contribution in [3.63, 3.8) is 0 Å². The molecule has 0 bridgehead atoms. The highest BCUT2D eigenvalue weighted by Crippen LogP contribution is 2.17. The van der Waals surface area contributed by atoms with Gasteiger partial charge in [0.15, 0.2) is 6.10 Å². The molecule has 16 heavy (non-hydrogen) atoms. The van der Waals surface area contributed by atoms with Crippen LogP contribution in [0.2, 0.25) is 0 Å². The van der Waals surface area contributed by atoms with Crippen molar-refractivity contribution in [2.75, 3.05) is 0 Å². The lowest BCUT2D eigenvalue weighted by molar-refractivity contribution is -0.144. The SMILES string of the molecule is CC(Oc1ccc2c(c1)B(O)OC2)C(=O)O. The fourth-order valence-electron chi connectivity index (χ4n) is 1.52. The van der Waals surface area contributed by atoms with Gasteiger partial charge in [-0.3, -0.25) is 0 Å². The smallest absolute Gasteiger partial charge is 0.479 e. The van der Waals surface area contributed by atoms with Gasteiger partial charge in [-0.15, -0.1) is 0 Å². The van der Waals surface area contributed by atoms with Crippen LogP contribution >= 0.6 is 0 Å². The van der Waals surface area contributed by atoms with Crippen LogP contribution in [0, 0.1) is 0 Å². The second kappa shape index (κ2) is 4.15. The molecule has 2 rings (SSSR count). The van der Waals surface area contributed by atoms with Crippen LogP contribution in [0.1, 0.15) is 12.5 Å². The molecule has 1 aromatic rings. The summed E-state index contributed by atoms with van der Waals surface area (Å²) in [6.45, 7) is 1.81. The van der Waals surface area contributed by atoms with Crippen molar-refractivity contribution in [1.82, 2.24) is 0 Å². The van der Waals surface area contributed by atoms with E-state index < -0.39 is 19.2 Å². The Bertz CT molecular complexity index is 420. The third-order valence-electron chi connectivity index (χ3n) is 2.44. The predicted octanol–water partition coefficient (Wildman–Crippen LogP) is -0.244. The topological polar surface area (TPSA) is 76.0 Å². The Morgan fingerprint density at radius 3 is 3.06 bits per heavy atom. The Morgan fingerprint density at radius 1 is 1.62 bits per heavy atom. The Morgan fingerprint density at radius 2 is 2.38 bits per heavy atom. The monoisotopic (exact) mass is 222 g/mol. The zero-order valence-corrected chi connectivity index (χ0v) is 8.71. The van der Waals surface area contributed by atoms with Crippen LogP contribution in [0.4, 0.5) is 0 Å². The lowest BCUT2D eigenvalue weighted by atomic mass is 9.79. The number of carboxylic acid groups (broad SMARTS) is 1. The number of hydrogen-bond donors (Lipinski definition) is 2. The minimum atomic E-state index is -1.03. The van der Waals surface area contributed by atoms with Gasteiger partial charge < -0.3 is 19.5 Å². The van der Waals surface area contributed by atoms with E-state index in [0.717, 1.165) is 5.56 Å². The molecule has 0 amide bonds. The summed E-state index contributed by atoms with van der Waals surface area (Å²) in [6, 6.07) is 5.03. The molecule has 6 heteroatoms. The number of rotatable bonds is 3. The summed E-state index contributed by atoms with van der Waals surface area (Å²) in [5.74, 6) is -0.615. The van der Waals surface area contributed by atoms with Crippen LogP contribution in [0.3, 0.4) is 0 Å². The summed E-state index contributed by atoms with van der Waals surface area (Å²) >= 11 is 0. The van der Waals surface area contributed by atoms with Crippen molar-refractivity contribution >= 4 is 18.6 Å². The van der Waals surface area contributed by atoms with Gasteiger partial charge in [0.2, 0.25) is 0 Å². The summed E-state index contributed by atoms with van der Waals surface area (Å²) in [6.07, 6.45) is -0.919. The summed E-state index contributed by atoms with van der Waals surface area (Å²) in [5.41, 5.74) is 1.53. The van der Waals surface area contributed by atoms with Crippen LogP contribution < -0.4 is 10.2 Å². The van der Waals surface area contributed by atoms with Gasteiger partial charge in [-0.2, -0.15) is 0 Å². The van der Waals surface area contributed by atoms with Crippen molar-refractivity contribution in [2.45, 2.75) is 19.6 Å². The second-order valence-corrected chi connectivity index (χ2v) is 3.62. The number of hydrogen-bond acceptors (Lipinski definition) is 4. The Kier molecular flexibility index (Phi) is 2.85. The van der Waals surface area contributed by atoms with Gasteiger partial charge in [0, 0.05) is 0 Å². The largest absolute Gasteiger partial charge is 0.491 e. The molecule has 0 aromatic heterocycles. The molecular formula is C10H11BO5. The third-order valence-corrected chi connectivity index (χ3v) is 2.44. The van der Waals surface area contributed by atoms with E-state index in [1.54, 1.807) is 18.2 Å². The van der Waals surface area contributed by atoms with Crippen LogP contribution in [0.25, 0.3) is 0 Å². The highest BCUT2D eigenvalue weighted by Gasteiger charge is 2.27. The molecule has 1 aromatic carbocycles. The summed E-state index contributed by atoms with van der Waals surface area (Å²) < 4.78 is 10.2. The van der Waals surface area contributed by atoms with Crippen molar-refractivity contribution in [2.24, 2.45) is 0 Å². The fraction of sp³-hybridized carbons (Fsp3) is 0.300. The van der Waals surface area contributed by atoms with E-state index in [9.17, 15) is 9.82 Å². The van der Waals surface area contributed by atoms with E-state index in [4.69, 9.17) is 14.5 Å². The molecule has 5 nitrogen and oxygen atoms in total. The predicted molar refractivity (Wildman–Crippen MR) is 56.6 cm³/mol. The van der Waals surface area contributed by atoms with Crippen molar-refractivity contribution in [3.05, 3.63) is 23.8 Å². The van der Waals surface area contributed by atoms with E-state index >= 15 is 0 Å². The number of benzene rings is 1. The summed E-state index contributed by atoms with van der Waals surface area (Å²) in [5, 5.41) is 18.1. The Hall–Kier alpha value is -1.53. The third kappa shape index (κ3) is 2.03. The van der Waals surface area contributed by atoms with E-state index in [2.05, 4.69) is 0 Å². The van der Waals surface area contributed by atoms with Gasteiger partial charge in [-0.25, -0.2) is 4.79 Å². The number of aliphatic carboxylic acids is 1. The van der Waals surface area contributed by atoms with Gasteiger partial charge in [-0.1, -0.05) is 6.07 Å². The zero-order valence-electron chi connectivity index (χ0n) is 8.71. The molecule has 1 unspecified atom stereocenters.